The zero-order valence-electron chi connectivity index (χ0n) is 11.8. The van der Waals surface area contributed by atoms with E-state index in [9.17, 15) is 0 Å². The van der Waals surface area contributed by atoms with E-state index in [4.69, 9.17) is 0 Å². The maximum Gasteiger partial charge on any atom is 0.188 e. The first-order valence-corrected chi connectivity index (χ1v) is 7.82. The second-order valence-corrected chi connectivity index (χ2v) is 5.54. The van der Waals surface area contributed by atoms with Crippen molar-refractivity contribution < 1.29 is 0 Å². The van der Waals surface area contributed by atoms with Crippen molar-refractivity contribution in [2.45, 2.75) is 19.8 Å². The van der Waals surface area contributed by atoms with Gasteiger partial charge in [0.1, 0.15) is 11.5 Å². The van der Waals surface area contributed by atoms with Crippen molar-refractivity contribution in [3.8, 4) is 11.4 Å². The Balaban J connectivity index is 1.77. The zero-order chi connectivity index (χ0) is 14.5. The Morgan fingerprint density at radius 1 is 1.10 bits per heavy atom. The Hall–Kier alpha value is -2.27. The van der Waals surface area contributed by atoms with Crippen LogP contribution < -0.4 is 5.32 Å². The molecule has 0 bridgehead atoms. The highest BCUT2D eigenvalue weighted by molar-refractivity contribution is 7.14. The lowest BCUT2D eigenvalue weighted by atomic mass is 10.1. The molecule has 3 aromatic rings. The maximum absolute atomic E-state index is 4.56. The van der Waals surface area contributed by atoms with Crippen LogP contribution in [0.5, 0.6) is 0 Å². The quantitative estimate of drug-likeness (QED) is 0.763. The van der Waals surface area contributed by atoms with Crippen LogP contribution in [-0.4, -0.2) is 15.0 Å². The molecule has 0 fully saturated rings. The van der Waals surface area contributed by atoms with E-state index in [1.54, 1.807) is 17.5 Å². The minimum atomic E-state index is 0.830. The van der Waals surface area contributed by atoms with Crippen molar-refractivity contribution in [3.05, 3.63) is 53.7 Å². The zero-order valence-corrected chi connectivity index (χ0v) is 12.6. The number of nitrogens with one attached hydrogen (secondary N) is 1. The number of aromatic nitrogens is 3. The molecule has 21 heavy (non-hydrogen) atoms. The van der Waals surface area contributed by atoms with Crippen LogP contribution in [0.15, 0.2) is 48.1 Å². The molecule has 3 heterocycles. The van der Waals surface area contributed by atoms with Gasteiger partial charge in [-0.1, -0.05) is 19.4 Å². The molecule has 0 aliphatic rings. The van der Waals surface area contributed by atoms with Crippen molar-refractivity contribution in [1.82, 2.24) is 15.0 Å². The van der Waals surface area contributed by atoms with Crippen LogP contribution in [-0.2, 0) is 6.42 Å². The summed E-state index contributed by atoms with van der Waals surface area (Å²) in [5, 5.41) is 6.09. The largest absolute Gasteiger partial charge is 0.316 e. The summed E-state index contributed by atoms with van der Waals surface area (Å²) in [4.78, 5) is 13.2. The topological polar surface area (TPSA) is 50.7 Å². The average Bonchev–Trinajstić information content (AvgIpc) is 2.97. The highest BCUT2D eigenvalue weighted by Gasteiger charge is 2.06. The molecule has 0 radical (unpaired) electrons. The van der Waals surface area contributed by atoms with Gasteiger partial charge in [0, 0.05) is 17.8 Å². The van der Waals surface area contributed by atoms with E-state index in [0.29, 0.717) is 0 Å². The number of aryl methyl sites for hydroxylation is 1. The van der Waals surface area contributed by atoms with Gasteiger partial charge in [-0.05, 0) is 36.2 Å². The smallest absolute Gasteiger partial charge is 0.188 e. The van der Waals surface area contributed by atoms with Gasteiger partial charge in [0.15, 0.2) is 5.13 Å². The summed E-state index contributed by atoms with van der Waals surface area (Å²) in [5.41, 5.74) is 3.05. The van der Waals surface area contributed by atoms with Gasteiger partial charge < -0.3 is 5.32 Å². The molecule has 5 heteroatoms. The van der Waals surface area contributed by atoms with Crippen LogP contribution in [0.3, 0.4) is 0 Å². The van der Waals surface area contributed by atoms with Crippen molar-refractivity contribution >= 4 is 22.3 Å². The van der Waals surface area contributed by atoms with Crippen molar-refractivity contribution in [1.29, 1.82) is 0 Å². The van der Waals surface area contributed by atoms with Gasteiger partial charge in [-0.25, -0.2) is 9.97 Å². The highest BCUT2D eigenvalue weighted by atomic mass is 32.1. The summed E-state index contributed by atoms with van der Waals surface area (Å²) in [7, 11) is 0. The molecule has 0 unspecified atom stereocenters. The molecule has 3 aromatic heterocycles. The Bertz CT molecular complexity index is 709. The van der Waals surface area contributed by atoms with E-state index in [0.717, 1.165) is 35.2 Å². The van der Waals surface area contributed by atoms with Gasteiger partial charge in [-0.3, -0.25) is 4.98 Å². The van der Waals surface area contributed by atoms with Crippen LogP contribution in [0.4, 0.5) is 10.9 Å². The molecule has 0 aliphatic heterocycles. The Labute approximate surface area is 127 Å². The van der Waals surface area contributed by atoms with Gasteiger partial charge in [0.2, 0.25) is 0 Å². The van der Waals surface area contributed by atoms with E-state index in [2.05, 4.69) is 39.3 Å². The first kappa shape index (κ1) is 13.7. The number of anilines is 2. The molecule has 4 nitrogen and oxygen atoms in total. The number of nitrogens with zero attached hydrogens (tertiary/aromatic N) is 3. The van der Waals surface area contributed by atoms with E-state index >= 15 is 0 Å². The maximum atomic E-state index is 4.56. The molecule has 0 aromatic carbocycles. The third-order valence-corrected chi connectivity index (χ3v) is 3.79. The molecular weight excluding hydrogens is 280 g/mol. The standard InChI is InChI=1S/C16H16N4S/c1-2-5-12-7-9-18-15(10-12)20-16-19-14(11-21-16)13-6-3-4-8-17-13/h3-4,6-11H,2,5H2,1H3,(H,18,19,20). The monoisotopic (exact) mass is 296 g/mol. The molecule has 1 N–H and O–H groups in total. The fraction of sp³-hybridized carbons (Fsp3) is 0.188. The van der Waals surface area contributed by atoms with Crippen LogP contribution in [0.2, 0.25) is 0 Å². The van der Waals surface area contributed by atoms with Crippen LogP contribution in [0.25, 0.3) is 11.4 Å². The van der Waals surface area contributed by atoms with Gasteiger partial charge in [0.05, 0.1) is 5.69 Å². The lowest BCUT2D eigenvalue weighted by Crippen LogP contribution is -1.94. The summed E-state index contributed by atoms with van der Waals surface area (Å²) < 4.78 is 0. The fourth-order valence-electron chi connectivity index (χ4n) is 2.06. The Morgan fingerprint density at radius 2 is 2.05 bits per heavy atom. The molecule has 0 saturated heterocycles. The number of thiazole rings is 1. The summed E-state index contributed by atoms with van der Waals surface area (Å²) in [6.45, 7) is 2.17. The van der Waals surface area contributed by atoms with Gasteiger partial charge in [-0.15, -0.1) is 11.3 Å². The van der Waals surface area contributed by atoms with Crippen molar-refractivity contribution in [2.24, 2.45) is 0 Å². The SMILES string of the molecule is CCCc1ccnc(Nc2nc(-c3ccccn3)cs2)c1. The second-order valence-electron chi connectivity index (χ2n) is 4.68. The minimum absolute atomic E-state index is 0.830. The third-order valence-electron chi connectivity index (χ3n) is 3.03. The van der Waals surface area contributed by atoms with Crippen LogP contribution in [0, 0.1) is 0 Å². The fourth-order valence-corrected chi connectivity index (χ4v) is 2.77. The van der Waals surface area contributed by atoms with Gasteiger partial charge in [0.25, 0.3) is 0 Å². The van der Waals surface area contributed by atoms with E-state index in [1.165, 1.54) is 5.56 Å². The second kappa shape index (κ2) is 6.45. The number of hydrogen-bond donors (Lipinski definition) is 1. The van der Waals surface area contributed by atoms with E-state index < -0.39 is 0 Å². The predicted molar refractivity (Wildman–Crippen MR) is 86.9 cm³/mol. The molecule has 0 atom stereocenters. The summed E-state index contributed by atoms with van der Waals surface area (Å²) in [6, 6.07) is 9.95. The number of rotatable bonds is 5. The number of pyridine rings is 2. The molecular formula is C16H16N4S. The van der Waals surface area contributed by atoms with Crippen LogP contribution >= 0.6 is 11.3 Å². The van der Waals surface area contributed by atoms with Crippen molar-refractivity contribution in [2.75, 3.05) is 5.32 Å². The third kappa shape index (κ3) is 3.44. The highest BCUT2D eigenvalue weighted by Crippen LogP contribution is 2.25. The van der Waals surface area contributed by atoms with Gasteiger partial charge >= 0.3 is 0 Å². The first-order valence-electron chi connectivity index (χ1n) is 6.94. The lowest BCUT2D eigenvalue weighted by Gasteiger charge is -2.04. The normalized spacial score (nSPS) is 10.5. The molecule has 106 valence electrons. The predicted octanol–water partition coefficient (Wildman–Crippen LogP) is 4.30. The van der Waals surface area contributed by atoms with Crippen molar-refractivity contribution in [3.63, 3.8) is 0 Å². The summed E-state index contributed by atoms with van der Waals surface area (Å²) in [6.07, 6.45) is 5.80. The summed E-state index contributed by atoms with van der Waals surface area (Å²) in [5.74, 6) is 0.836. The Kier molecular flexibility index (Phi) is 4.21. The Morgan fingerprint density at radius 3 is 2.86 bits per heavy atom. The molecule has 3 rings (SSSR count). The van der Waals surface area contributed by atoms with E-state index in [1.807, 2.05) is 29.8 Å². The molecule has 0 amide bonds. The van der Waals surface area contributed by atoms with E-state index in [-0.39, 0.29) is 0 Å². The lowest BCUT2D eigenvalue weighted by molar-refractivity contribution is 0.919. The molecule has 0 aliphatic carbocycles. The van der Waals surface area contributed by atoms with Crippen LogP contribution in [0.1, 0.15) is 18.9 Å². The molecule has 0 spiro atoms. The van der Waals surface area contributed by atoms with Gasteiger partial charge in [-0.2, -0.15) is 0 Å². The minimum Gasteiger partial charge on any atom is -0.316 e. The number of hydrogen-bond acceptors (Lipinski definition) is 5. The first-order chi connectivity index (χ1) is 10.3. The average molecular weight is 296 g/mol. The molecule has 0 saturated carbocycles. The summed E-state index contributed by atoms with van der Waals surface area (Å²) >= 11 is 1.56.